The van der Waals surface area contributed by atoms with E-state index >= 15 is 0 Å². The van der Waals surface area contributed by atoms with Crippen molar-refractivity contribution in [3.63, 3.8) is 0 Å². The average Bonchev–Trinajstić information content (AvgIpc) is 2.69. The van der Waals surface area contributed by atoms with Crippen LogP contribution in [0.25, 0.3) is 0 Å². The number of aromatic amines is 1. The van der Waals surface area contributed by atoms with Gasteiger partial charge in [-0.05, 0) is 18.9 Å². The number of fused-ring (bicyclic) bond motifs is 1. The molecule has 1 fully saturated rings. The minimum absolute atomic E-state index is 0.190. The SMILES string of the molecule is O=c1[nH]c(SCc2cccc3c2OCCO3)ncc1OC1CCCCO1. The first-order chi connectivity index (χ1) is 12.8. The van der Waals surface area contributed by atoms with Crippen LogP contribution in [0.2, 0.25) is 0 Å². The van der Waals surface area contributed by atoms with Gasteiger partial charge < -0.3 is 18.9 Å². The van der Waals surface area contributed by atoms with Crippen LogP contribution in [0.4, 0.5) is 0 Å². The molecule has 2 aromatic rings. The summed E-state index contributed by atoms with van der Waals surface area (Å²) in [4.78, 5) is 19.3. The zero-order valence-electron chi connectivity index (χ0n) is 14.2. The Kier molecular flexibility index (Phi) is 5.31. The molecule has 0 radical (unpaired) electrons. The molecule has 0 spiro atoms. The molecule has 0 saturated carbocycles. The van der Waals surface area contributed by atoms with Gasteiger partial charge in [-0.2, -0.15) is 0 Å². The lowest BCUT2D eigenvalue weighted by Crippen LogP contribution is -2.27. The van der Waals surface area contributed by atoms with Crippen molar-refractivity contribution >= 4 is 11.8 Å². The fraction of sp³-hybridized carbons (Fsp3) is 0.444. The Morgan fingerprint density at radius 1 is 1.23 bits per heavy atom. The van der Waals surface area contributed by atoms with Crippen LogP contribution in [0.5, 0.6) is 17.2 Å². The second kappa shape index (κ2) is 8.01. The summed E-state index contributed by atoms with van der Waals surface area (Å²) >= 11 is 1.43. The fourth-order valence-electron chi connectivity index (χ4n) is 2.86. The van der Waals surface area contributed by atoms with E-state index in [1.807, 2.05) is 18.2 Å². The average molecular weight is 376 g/mol. The number of H-pyrrole nitrogens is 1. The number of benzene rings is 1. The van der Waals surface area contributed by atoms with Gasteiger partial charge in [0.2, 0.25) is 5.75 Å². The van der Waals surface area contributed by atoms with Crippen molar-refractivity contribution < 1.29 is 18.9 Å². The number of aromatic nitrogens is 2. The standard InChI is InChI=1S/C18H20N2O5S/c21-17-14(25-15-6-1-2-7-23-15)10-19-18(20-17)26-11-12-4-3-5-13-16(12)24-9-8-22-13/h3-5,10,15H,1-2,6-9,11H2,(H,19,20,21). The number of nitrogens with zero attached hydrogens (tertiary/aromatic N) is 1. The van der Waals surface area contributed by atoms with E-state index in [2.05, 4.69) is 9.97 Å². The monoisotopic (exact) mass is 376 g/mol. The summed E-state index contributed by atoms with van der Waals surface area (Å²) < 4.78 is 22.4. The van der Waals surface area contributed by atoms with E-state index in [1.165, 1.54) is 18.0 Å². The molecule has 4 rings (SSSR count). The van der Waals surface area contributed by atoms with Crippen molar-refractivity contribution in [3.05, 3.63) is 40.3 Å². The molecule has 1 atom stereocenters. The highest BCUT2D eigenvalue weighted by atomic mass is 32.2. The lowest BCUT2D eigenvalue weighted by Gasteiger charge is -2.22. The molecule has 1 aromatic carbocycles. The number of para-hydroxylation sites is 1. The second-order valence-corrected chi connectivity index (χ2v) is 6.99. The Labute approximate surface area is 155 Å². The number of hydrogen-bond donors (Lipinski definition) is 1. The number of thioether (sulfide) groups is 1. The maximum absolute atomic E-state index is 12.2. The molecule has 3 heterocycles. The summed E-state index contributed by atoms with van der Waals surface area (Å²) in [5, 5.41) is 0.529. The van der Waals surface area contributed by atoms with E-state index < -0.39 is 0 Å². The van der Waals surface area contributed by atoms with Gasteiger partial charge in [-0.1, -0.05) is 23.9 Å². The molecular formula is C18H20N2O5S. The molecule has 7 nitrogen and oxygen atoms in total. The molecule has 26 heavy (non-hydrogen) atoms. The van der Waals surface area contributed by atoms with Crippen LogP contribution in [-0.4, -0.2) is 36.1 Å². The van der Waals surface area contributed by atoms with Crippen LogP contribution in [0.15, 0.2) is 34.3 Å². The molecule has 0 bridgehead atoms. The third kappa shape index (κ3) is 3.96. The van der Waals surface area contributed by atoms with Crippen LogP contribution < -0.4 is 19.8 Å². The number of ether oxygens (including phenoxy) is 4. The summed E-state index contributed by atoms with van der Waals surface area (Å²) in [6, 6.07) is 5.81. The van der Waals surface area contributed by atoms with E-state index in [4.69, 9.17) is 18.9 Å². The van der Waals surface area contributed by atoms with Gasteiger partial charge in [-0.15, -0.1) is 0 Å². The first-order valence-electron chi connectivity index (χ1n) is 8.67. The maximum atomic E-state index is 12.2. The molecule has 2 aliphatic heterocycles. The van der Waals surface area contributed by atoms with Crippen LogP contribution >= 0.6 is 11.8 Å². The Bertz CT molecular complexity index is 819. The van der Waals surface area contributed by atoms with E-state index in [-0.39, 0.29) is 17.6 Å². The molecule has 2 aliphatic rings. The smallest absolute Gasteiger partial charge is 0.294 e. The first kappa shape index (κ1) is 17.2. The summed E-state index contributed by atoms with van der Waals surface area (Å²) in [5.74, 6) is 2.33. The van der Waals surface area contributed by atoms with Crippen molar-refractivity contribution in [2.75, 3.05) is 19.8 Å². The quantitative estimate of drug-likeness (QED) is 0.634. The summed E-state index contributed by atoms with van der Waals surface area (Å²) in [6.07, 6.45) is 3.95. The normalized spacial score (nSPS) is 19.2. The highest BCUT2D eigenvalue weighted by Gasteiger charge is 2.18. The lowest BCUT2D eigenvalue weighted by atomic mass is 10.2. The van der Waals surface area contributed by atoms with E-state index in [0.717, 1.165) is 36.3 Å². The van der Waals surface area contributed by atoms with Crippen molar-refractivity contribution in [2.24, 2.45) is 0 Å². The molecule has 1 unspecified atom stereocenters. The number of rotatable bonds is 5. The highest BCUT2D eigenvalue weighted by molar-refractivity contribution is 7.98. The second-order valence-electron chi connectivity index (χ2n) is 6.03. The van der Waals surface area contributed by atoms with Gasteiger partial charge in [0.05, 0.1) is 12.8 Å². The summed E-state index contributed by atoms with van der Waals surface area (Å²) in [6.45, 7) is 1.76. The minimum atomic E-state index is -0.363. The zero-order chi connectivity index (χ0) is 17.8. The fourth-order valence-corrected chi connectivity index (χ4v) is 3.68. The predicted octanol–water partition coefficient (Wildman–Crippen LogP) is 2.74. The van der Waals surface area contributed by atoms with Crippen LogP contribution in [0.1, 0.15) is 24.8 Å². The Morgan fingerprint density at radius 2 is 2.15 bits per heavy atom. The molecule has 1 N–H and O–H groups in total. The van der Waals surface area contributed by atoms with Crippen LogP contribution in [-0.2, 0) is 10.5 Å². The molecular weight excluding hydrogens is 356 g/mol. The Morgan fingerprint density at radius 3 is 3.00 bits per heavy atom. The van der Waals surface area contributed by atoms with Gasteiger partial charge in [-0.3, -0.25) is 9.78 Å². The van der Waals surface area contributed by atoms with Crippen LogP contribution in [0.3, 0.4) is 0 Å². The van der Waals surface area contributed by atoms with Gasteiger partial charge in [0.1, 0.15) is 13.2 Å². The van der Waals surface area contributed by atoms with E-state index in [0.29, 0.717) is 30.7 Å². The third-order valence-electron chi connectivity index (χ3n) is 4.15. The maximum Gasteiger partial charge on any atom is 0.294 e. The van der Waals surface area contributed by atoms with E-state index in [1.54, 1.807) is 0 Å². The molecule has 138 valence electrons. The molecule has 1 saturated heterocycles. The summed E-state index contributed by atoms with van der Waals surface area (Å²) in [5.41, 5.74) is 0.706. The zero-order valence-corrected chi connectivity index (χ0v) is 15.0. The predicted molar refractivity (Wildman–Crippen MR) is 96.1 cm³/mol. The minimum Gasteiger partial charge on any atom is -0.486 e. The first-order valence-corrected chi connectivity index (χ1v) is 9.66. The lowest BCUT2D eigenvalue weighted by molar-refractivity contribution is -0.106. The largest absolute Gasteiger partial charge is 0.486 e. The number of hydrogen-bond acceptors (Lipinski definition) is 7. The van der Waals surface area contributed by atoms with Gasteiger partial charge in [0.15, 0.2) is 22.9 Å². The van der Waals surface area contributed by atoms with Gasteiger partial charge in [0.25, 0.3) is 5.56 Å². The van der Waals surface area contributed by atoms with Crippen molar-refractivity contribution in [3.8, 4) is 17.2 Å². The molecule has 1 aromatic heterocycles. The molecule has 0 aliphatic carbocycles. The Balaban J connectivity index is 1.41. The topological polar surface area (TPSA) is 82.7 Å². The van der Waals surface area contributed by atoms with Gasteiger partial charge in [0, 0.05) is 17.7 Å². The summed E-state index contributed by atoms with van der Waals surface area (Å²) in [7, 11) is 0. The molecule has 8 heteroatoms. The number of nitrogens with one attached hydrogen (secondary N) is 1. The van der Waals surface area contributed by atoms with Gasteiger partial charge in [-0.25, -0.2) is 4.98 Å². The van der Waals surface area contributed by atoms with Crippen molar-refractivity contribution in [2.45, 2.75) is 36.5 Å². The van der Waals surface area contributed by atoms with Crippen molar-refractivity contribution in [1.29, 1.82) is 0 Å². The molecule has 0 amide bonds. The van der Waals surface area contributed by atoms with Crippen LogP contribution in [0, 0.1) is 0 Å². The highest BCUT2D eigenvalue weighted by Crippen LogP contribution is 2.36. The van der Waals surface area contributed by atoms with E-state index in [9.17, 15) is 4.79 Å². The van der Waals surface area contributed by atoms with Crippen molar-refractivity contribution in [1.82, 2.24) is 9.97 Å². The van der Waals surface area contributed by atoms with Gasteiger partial charge >= 0.3 is 0 Å². The third-order valence-corrected chi connectivity index (χ3v) is 5.09. The Hall–Kier alpha value is -2.19.